The van der Waals surface area contributed by atoms with Gasteiger partial charge in [0.15, 0.2) is 0 Å². The van der Waals surface area contributed by atoms with Gasteiger partial charge in [-0.1, -0.05) is 12.1 Å². The number of ether oxygens (including phenoxy) is 1. The van der Waals surface area contributed by atoms with Crippen LogP contribution in [0.15, 0.2) is 54.7 Å². The highest BCUT2D eigenvalue weighted by Crippen LogP contribution is 2.15. The molecule has 3 rings (SSSR count). The van der Waals surface area contributed by atoms with Crippen molar-refractivity contribution in [3.8, 4) is 5.75 Å². The number of aromatic amines is 1. The van der Waals surface area contributed by atoms with Gasteiger partial charge in [0.25, 0.3) is 5.91 Å². The fourth-order valence-corrected chi connectivity index (χ4v) is 2.22. The Labute approximate surface area is 122 Å². The molecule has 0 saturated heterocycles. The quantitative estimate of drug-likeness (QED) is 0.771. The number of hydrogen-bond donors (Lipinski definition) is 2. The first-order chi connectivity index (χ1) is 10.3. The lowest BCUT2D eigenvalue weighted by Gasteiger charge is -2.06. The molecule has 2 aromatic carbocycles. The standard InChI is InChI=1S/C17H16N2O2/c1-21-15-5-2-12(3-6-15)11-19-17(20)14-4-7-16-13(10-14)8-9-18-16/h2-10,18H,11H2,1H3,(H,19,20). The van der Waals surface area contributed by atoms with Gasteiger partial charge in [-0.25, -0.2) is 0 Å². The minimum atomic E-state index is -0.0751. The van der Waals surface area contributed by atoms with Crippen LogP contribution >= 0.6 is 0 Å². The number of amides is 1. The number of carbonyl (C=O) groups excluding carboxylic acids is 1. The van der Waals surface area contributed by atoms with E-state index in [-0.39, 0.29) is 5.91 Å². The van der Waals surface area contributed by atoms with Gasteiger partial charge in [-0.15, -0.1) is 0 Å². The Morgan fingerprint density at radius 3 is 2.71 bits per heavy atom. The smallest absolute Gasteiger partial charge is 0.251 e. The molecule has 0 unspecified atom stereocenters. The van der Waals surface area contributed by atoms with Crippen LogP contribution in [0.1, 0.15) is 15.9 Å². The summed E-state index contributed by atoms with van der Waals surface area (Å²) in [5.74, 6) is 0.733. The lowest BCUT2D eigenvalue weighted by Crippen LogP contribution is -2.22. The van der Waals surface area contributed by atoms with Crippen molar-refractivity contribution in [2.45, 2.75) is 6.54 Å². The van der Waals surface area contributed by atoms with Gasteiger partial charge in [0, 0.05) is 29.2 Å². The average molecular weight is 280 g/mol. The topological polar surface area (TPSA) is 54.1 Å². The highest BCUT2D eigenvalue weighted by Gasteiger charge is 2.06. The van der Waals surface area contributed by atoms with Crippen LogP contribution in [0.4, 0.5) is 0 Å². The Morgan fingerprint density at radius 1 is 1.14 bits per heavy atom. The second-order valence-electron chi connectivity index (χ2n) is 4.81. The van der Waals surface area contributed by atoms with Crippen molar-refractivity contribution in [1.82, 2.24) is 10.3 Å². The van der Waals surface area contributed by atoms with Gasteiger partial charge in [-0.05, 0) is 42.0 Å². The van der Waals surface area contributed by atoms with Gasteiger partial charge in [-0.3, -0.25) is 4.79 Å². The molecule has 1 aromatic heterocycles. The fraction of sp³-hybridized carbons (Fsp3) is 0.118. The molecule has 4 heteroatoms. The summed E-state index contributed by atoms with van der Waals surface area (Å²) in [4.78, 5) is 15.3. The predicted molar refractivity (Wildman–Crippen MR) is 82.5 cm³/mol. The number of hydrogen-bond acceptors (Lipinski definition) is 2. The maximum atomic E-state index is 12.2. The van der Waals surface area contributed by atoms with Crippen LogP contribution in [0.25, 0.3) is 10.9 Å². The third-order valence-electron chi connectivity index (χ3n) is 3.43. The third-order valence-corrected chi connectivity index (χ3v) is 3.43. The van der Waals surface area contributed by atoms with Crippen molar-refractivity contribution >= 4 is 16.8 Å². The first-order valence-electron chi connectivity index (χ1n) is 6.74. The lowest BCUT2D eigenvalue weighted by atomic mass is 10.1. The van der Waals surface area contributed by atoms with E-state index >= 15 is 0 Å². The second-order valence-corrected chi connectivity index (χ2v) is 4.81. The monoisotopic (exact) mass is 280 g/mol. The molecule has 0 aliphatic carbocycles. The lowest BCUT2D eigenvalue weighted by molar-refractivity contribution is 0.0951. The minimum Gasteiger partial charge on any atom is -0.497 e. The minimum absolute atomic E-state index is 0.0751. The summed E-state index contributed by atoms with van der Waals surface area (Å²) in [5.41, 5.74) is 2.73. The van der Waals surface area contributed by atoms with E-state index in [0.29, 0.717) is 12.1 Å². The number of H-pyrrole nitrogens is 1. The molecule has 3 aromatic rings. The molecule has 106 valence electrons. The van der Waals surface area contributed by atoms with Crippen molar-refractivity contribution in [3.05, 3.63) is 65.9 Å². The highest BCUT2D eigenvalue weighted by molar-refractivity contribution is 5.98. The predicted octanol–water partition coefficient (Wildman–Crippen LogP) is 3.11. The number of methoxy groups -OCH3 is 1. The van der Waals surface area contributed by atoms with E-state index in [1.165, 1.54) is 0 Å². The number of nitrogens with one attached hydrogen (secondary N) is 2. The summed E-state index contributed by atoms with van der Waals surface area (Å²) < 4.78 is 5.11. The van der Waals surface area contributed by atoms with Crippen molar-refractivity contribution < 1.29 is 9.53 Å². The van der Waals surface area contributed by atoms with Crippen LogP contribution in [-0.2, 0) is 6.54 Å². The molecule has 0 atom stereocenters. The van der Waals surface area contributed by atoms with E-state index in [0.717, 1.165) is 22.2 Å². The number of aromatic nitrogens is 1. The first-order valence-corrected chi connectivity index (χ1v) is 6.74. The zero-order valence-electron chi connectivity index (χ0n) is 11.7. The first kappa shape index (κ1) is 13.2. The van der Waals surface area contributed by atoms with E-state index in [1.54, 1.807) is 7.11 Å². The Kier molecular flexibility index (Phi) is 3.60. The maximum Gasteiger partial charge on any atom is 0.251 e. The van der Waals surface area contributed by atoms with E-state index < -0.39 is 0 Å². The average Bonchev–Trinajstić information content (AvgIpc) is 3.00. The molecule has 0 saturated carbocycles. The molecular formula is C17H16N2O2. The number of fused-ring (bicyclic) bond motifs is 1. The van der Waals surface area contributed by atoms with E-state index in [2.05, 4.69) is 10.3 Å². The van der Waals surface area contributed by atoms with Crippen LogP contribution in [0, 0.1) is 0 Å². The SMILES string of the molecule is COc1ccc(CNC(=O)c2ccc3[nH]ccc3c2)cc1. The maximum absolute atomic E-state index is 12.2. The van der Waals surface area contributed by atoms with Crippen LogP contribution < -0.4 is 10.1 Å². The summed E-state index contributed by atoms with van der Waals surface area (Å²) in [6.07, 6.45) is 1.86. The van der Waals surface area contributed by atoms with E-state index in [9.17, 15) is 4.79 Å². The summed E-state index contributed by atoms with van der Waals surface area (Å²) >= 11 is 0. The number of carbonyl (C=O) groups is 1. The van der Waals surface area contributed by atoms with Crippen molar-refractivity contribution in [2.75, 3.05) is 7.11 Å². The molecule has 0 radical (unpaired) electrons. The molecule has 21 heavy (non-hydrogen) atoms. The highest BCUT2D eigenvalue weighted by atomic mass is 16.5. The molecule has 4 nitrogen and oxygen atoms in total. The molecule has 1 heterocycles. The second kappa shape index (κ2) is 5.71. The molecular weight excluding hydrogens is 264 g/mol. The zero-order chi connectivity index (χ0) is 14.7. The zero-order valence-corrected chi connectivity index (χ0v) is 11.7. The van der Waals surface area contributed by atoms with Gasteiger partial charge in [0.05, 0.1) is 7.11 Å². The van der Waals surface area contributed by atoms with Gasteiger partial charge in [0.2, 0.25) is 0 Å². The third kappa shape index (κ3) is 2.89. The van der Waals surface area contributed by atoms with Crippen molar-refractivity contribution in [1.29, 1.82) is 0 Å². The molecule has 0 fully saturated rings. The number of rotatable bonds is 4. The van der Waals surface area contributed by atoms with Crippen LogP contribution in [0.3, 0.4) is 0 Å². The Balaban J connectivity index is 1.67. The van der Waals surface area contributed by atoms with Crippen LogP contribution in [0.2, 0.25) is 0 Å². The summed E-state index contributed by atoms with van der Waals surface area (Å²) in [6, 6.07) is 15.2. The van der Waals surface area contributed by atoms with Crippen LogP contribution in [-0.4, -0.2) is 18.0 Å². The number of benzene rings is 2. The summed E-state index contributed by atoms with van der Waals surface area (Å²) in [5, 5.41) is 3.95. The fourth-order valence-electron chi connectivity index (χ4n) is 2.22. The Hall–Kier alpha value is -2.75. The van der Waals surface area contributed by atoms with Crippen LogP contribution in [0.5, 0.6) is 5.75 Å². The Morgan fingerprint density at radius 2 is 1.95 bits per heavy atom. The molecule has 1 amide bonds. The van der Waals surface area contributed by atoms with E-state index in [1.807, 2.05) is 54.7 Å². The van der Waals surface area contributed by atoms with Crippen molar-refractivity contribution in [2.24, 2.45) is 0 Å². The summed E-state index contributed by atoms with van der Waals surface area (Å²) in [7, 11) is 1.63. The molecule has 0 spiro atoms. The largest absolute Gasteiger partial charge is 0.497 e. The van der Waals surface area contributed by atoms with Gasteiger partial charge >= 0.3 is 0 Å². The Bertz CT molecular complexity index is 760. The molecule has 0 aliphatic heterocycles. The molecule has 0 bridgehead atoms. The summed E-state index contributed by atoms with van der Waals surface area (Å²) in [6.45, 7) is 0.494. The van der Waals surface area contributed by atoms with Gasteiger partial charge in [0.1, 0.15) is 5.75 Å². The molecule has 0 aliphatic rings. The normalized spacial score (nSPS) is 10.5. The molecule has 2 N–H and O–H groups in total. The van der Waals surface area contributed by atoms with Gasteiger partial charge < -0.3 is 15.0 Å². The van der Waals surface area contributed by atoms with E-state index in [4.69, 9.17) is 4.74 Å². The van der Waals surface area contributed by atoms with Gasteiger partial charge in [-0.2, -0.15) is 0 Å². The van der Waals surface area contributed by atoms with Crippen molar-refractivity contribution in [3.63, 3.8) is 0 Å².